The van der Waals surface area contributed by atoms with Crippen molar-refractivity contribution in [2.75, 3.05) is 0 Å². The van der Waals surface area contributed by atoms with Gasteiger partial charge in [0.1, 0.15) is 0 Å². The SMILES string of the molecule is CCC(C(C)[Si](OC(C)C)(OC(C)C)OC(C)C)C(C)(C)C. The molecule has 0 aromatic rings. The summed E-state index contributed by atoms with van der Waals surface area (Å²) in [5, 5.41) is 0. The molecule has 4 heteroatoms. The van der Waals surface area contributed by atoms with Gasteiger partial charge in [-0.2, -0.15) is 0 Å². The van der Waals surface area contributed by atoms with Crippen LogP contribution in [0.15, 0.2) is 0 Å². The van der Waals surface area contributed by atoms with Gasteiger partial charge in [-0.3, -0.25) is 0 Å². The second kappa shape index (κ2) is 8.81. The summed E-state index contributed by atoms with van der Waals surface area (Å²) >= 11 is 0. The predicted molar refractivity (Wildman–Crippen MR) is 97.1 cm³/mol. The molecule has 0 aliphatic carbocycles. The Morgan fingerprint density at radius 3 is 1.23 bits per heavy atom. The van der Waals surface area contributed by atoms with E-state index in [0.717, 1.165) is 6.42 Å². The van der Waals surface area contributed by atoms with Crippen molar-refractivity contribution in [1.29, 1.82) is 0 Å². The van der Waals surface area contributed by atoms with Crippen molar-refractivity contribution in [2.45, 2.75) is 106 Å². The third-order valence-electron chi connectivity index (χ3n) is 3.91. The van der Waals surface area contributed by atoms with Gasteiger partial charge < -0.3 is 13.3 Å². The summed E-state index contributed by atoms with van der Waals surface area (Å²) in [6, 6.07) is 0. The van der Waals surface area contributed by atoms with Crippen LogP contribution in [0.3, 0.4) is 0 Å². The van der Waals surface area contributed by atoms with Gasteiger partial charge in [-0.15, -0.1) is 0 Å². The zero-order valence-electron chi connectivity index (χ0n) is 16.8. The fourth-order valence-corrected chi connectivity index (χ4v) is 7.36. The summed E-state index contributed by atoms with van der Waals surface area (Å²) in [5.41, 5.74) is 0.470. The van der Waals surface area contributed by atoms with Crippen molar-refractivity contribution in [3.05, 3.63) is 0 Å². The molecule has 0 fully saturated rings. The van der Waals surface area contributed by atoms with E-state index in [1.54, 1.807) is 0 Å². The maximum atomic E-state index is 6.39. The van der Waals surface area contributed by atoms with Gasteiger partial charge in [-0.1, -0.05) is 41.0 Å². The Morgan fingerprint density at radius 1 is 0.727 bits per heavy atom. The summed E-state index contributed by atoms with van der Waals surface area (Å²) in [6.45, 7) is 23.8. The van der Waals surface area contributed by atoms with E-state index >= 15 is 0 Å². The van der Waals surface area contributed by atoms with Gasteiger partial charge in [0.05, 0.1) is 0 Å². The average molecular weight is 333 g/mol. The first-order valence-corrected chi connectivity index (χ1v) is 10.7. The smallest absolute Gasteiger partial charge is 0.371 e. The van der Waals surface area contributed by atoms with E-state index in [9.17, 15) is 0 Å². The number of hydrogen-bond donors (Lipinski definition) is 0. The molecular weight excluding hydrogens is 292 g/mol. The van der Waals surface area contributed by atoms with Crippen LogP contribution in [-0.2, 0) is 13.3 Å². The van der Waals surface area contributed by atoms with E-state index in [0.29, 0.717) is 5.92 Å². The predicted octanol–water partition coefficient (Wildman–Crippen LogP) is 5.66. The topological polar surface area (TPSA) is 27.7 Å². The quantitative estimate of drug-likeness (QED) is 0.510. The van der Waals surface area contributed by atoms with E-state index in [1.165, 1.54) is 0 Å². The highest BCUT2D eigenvalue weighted by Gasteiger charge is 2.54. The molecule has 0 saturated carbocycles. The lowest BCUT2D eigenvalue weighted by Crippen LogP contribution is -2.56. The van der Waals surface area contributed by atoms with Crippen molar-refractivity contribution in [1.82, 2.24) is 0 Å². The Balaban J connectivity index is 5.75. The van der Waals surface area contributed by atoms with Gasteiger partial charge in [0, 0.05) is 23.9 Å². The summed E-state index contributed by atoms with van der Waals surface area (Å²) in [7, 11) is -2.78. The van der Waals surface area contributed by atoms with Gasteiger partial charge in [0.2, 0.25) is 0 Å². The maximum absolute atomic E-state index is 6.39. The van der Waals surface area contributed by atoms with Crippen LogP contribution in [0.4, 0.5) is 0 Å². The Hall–Kier alpha value is 0.0969. The highest BCUT2D eigenvalue weighted by atomic mass is 28.4. The molecule has 0 aromatic carbocycles. The molecule has 0 radical (unpaired) electrons. The van der Waals surface area contributed by atoms with Crippen LogP contribution < -0.4 is 0 Å². The van der Waals surface area contributed by atoms with E-state index in [-0.39, 0.29) is 29.3 Å². The van der Waals surface area contributed by atoms with Crippen LogP contribution in [0, 0.1) is 11.3 Å². The minimum Gasteiger partial charge on any atom is -0.371 e. The Morgan fingerprint density at radius 2 is 1.05 bits per heavy atom. The van der Waals surface area contributed by atoms with Crippen molar-refractivity contribution in [2.24, 2.45) is 11.3 Å². The molecule has 0 bridgehead atoms. The molecule has 0 aromatic heterocycles. The third-order valence-corrected chi connectivity index (χ3v) is 7.83. The fourth-order valence-electron chi connectivity index (χ4n) is 3.35. The zero-order chi connectivity index (χ0) is 17.7. The van der Waals surface area contributed by atoms with Crippen LogP contribution in [0.25, 0.3) is 0 Å². The summed E-state index contributed by atoms with van der Waals surface area (Å²) < 4.78 is 19.2. The lowest BCUT2D eigenvalue weighted by Gasteiger charge is -2.44. The highest BCUT2D eigenvalue weighted by Crippen LogP contribution is 2.45. The van der Waals surface area contributed by atoms with Gasteiger partial charge in [0.15, 0.2) is 0 Å². The molecule has 0 saturated heterocycles. The van der Waals surface area contributed by atoms with Gasteiger partial charge >= 0.3 is 8.80 Å². The lowest BCUT2D eigenvalue weighted by atomic mass is 9.77. The first-order valence-electron chi connectivity index (χ1n) is 8.89. The molecule has 0 rings (SSSR count). The summed E-state index contributed by atoms with van der Waals surface area (Å²) in [5.74, 6) is 0.496. The van der Waals surface area contributed by atoms with Gasteiger partial charge in [-0.25, -0.2) is 0 Å². The van der Waals surface area contributed by atoms with Crippen LogP contribution in [-0.4, -0.2) is 27.1 Å². The molecule has 3 nitrogen and oxygen atoms in total. The first kappa shape index (κ1) is 22.1. The van der Waals surface area contributed by atoms with Crippen LogP contribution in [0.1, 0.15) is 82.6 Å². The van der Waals surface area contributed by atoms with E-state index < -0.39 is 8.80 Å². The standard InChI is InChI=1S/C18H40O3Si/c1-12-17(18(9,10)11)16(8)22(19-13(2)3,20-14(4)5)21-15(6)7/h13-17H,12H2,1-11H3. The fraction of sp³-hybridized carbons (Fsp3) is 1.00. The normalized spacial score (nSPS) is 16.6. The third kappa shape index (κ3) is 6.69. The Labute approximate surface area is 140 Å². The largest absolute Gasteiger partial charge is 0.504 e. The molecule has 0 N–H and O–H groups in total. The van der Waals surface area contributed by atoms with E-state index in [4.69, 9.17) is 13.3 Å². The minimum absolute atomic E-state index is 0.101. The average Bonchev–Trinajstić information content (AvgIpc) is 2.24. The Bertz CT molecular complexity index is 281. The summed E-state index contributed by atoms with van der Waals surface area (Å²) in [6.07, 6.45) is 1.40. The van der Waals surface area contributed by atoms with E-state index in [1.807, 2.05) is 0 Å². The van der Waals surface area contributed by atoms with Gasteiger partial charge in [0.25, 0.3) is 0 Å². The lowest BCUT2D eigenvalue weighted by molar-refractivity contribution is -0.0146. The van der Waals surface area contributed by atoms with Crippen molar-refractivity contribution < 1.29 is 13.3 Å². The van der Waals surface area contributed by atoms with Crippen LogP contribution in [0.5, 0.6) is 0 Å². The molecule has 0 aliphatic heterocycles. The van der Waals surface area contributed by atoms with Crippen LogP contribution >= 0.6 is 0 Å². The molecule has 22 heavy (non-hydrogen) atoms. The van der Waals surface area contributed by atoms with Crippen molar-refractivity contribution in [3.63, 3.8) is 0 Å². The van der Waals surface area contributed by atoms with Crippen molar-refractivity contribution in [3.8, 4) is 0 Å². The maximum Gasteiger partial charge on any atom is 0.504 e. The molecule has 2 unspecified atom stereocenters. The highest BCUT2D eigenvalue weighted by molar-refractivity contribution is 6.62. The minimum atomic E-state index is -2.78. The molecule has 0 amide bonds. The molecule has 2 atom stereocenters. The number of rotatable bonds is 9. The number of hydrogen-bond acceptors (Lipinski definition) is 3. The molecule has 0 heterocycles. The van der Waals surface area contributed by atoms with E-state index in [2.05, 4.69) is 76.2 Å². The second-order valence-electron chi connectivity index (χ2n) is 8.27. The van der Waals surface area contributed by atoms with Crippen LogP contribution in [0.2, 0.25) is 5.54 Å². The monoisotopic (exact) mass is 332 g/mol. The molecule has 0 spiro atoms. The molecule has 134 valence electrons. The second-order valence-corrected chi connectivity index (χ2v) is 11.1. The van der Waals surface area contributed by atoms with Crippen molar-refractivity contribution >= 4 is 8.80 Å². The van der Waals surface area contributed by atoms with Gasteiger partial charge in [-0.05, 0) is 52.9 Å². The molecule has 0 aliphatic rings. The summed E-state index contributed by atoms with van der Waals surface area (Å²) in [4.78, 5) is 0. The first-order chi connectivity index (χ1) is 9.85. The zero-order valence-corrected chi connectivity index (χ0v) is 17.8. The Kier molecular flexibility index (Phi) is 8.85. The molecular formula is C18H40O3Si.